The highest BCUT2D eigenvalue weighted by atomic mass is 16.5. The number of fused-ring (bicyclic) bond motifs is 1. The molecule has 0 bridgehead atoms. The predicted octanol–water partition coefficient (Wildman–Crippen LogP) is 2.70. The van der Waals surface area contributed by atoms with E-state index in [4.69, 9.17) is 19.4 Å². The Morgan fingerprint density at radius 2 is 1.74 bits per heavy atom. The summed E-state index contributed by atoms with van der Waals surface area (Å²) in [6.07, 6.45) is 5.25. The van der Waals surface area contributed by atoms with E-state index in [9.17, 15) is 0 Å². The number of aryl methyl sites for hydroxylation is 1. The molecule has 0 radical (unpaired) electrons. The summed E-state index contributed by atoms with van der Waals surface area (Å²) in [5.74, 6) is 2.50. The van der Waals surface area contributed by atoms with Crippen LogP contribution >= 0.6 is 0 Å². The lowest BCUT2D eigenvalue weighted by atomic mass is 9.96. The summed E-state index contributed by atoms with van der Waals surface area (Å²) in [6, 6.07) is 0. The van der Waals surface area contributed by atoms with Gasteiger partial charge in [0.1, 0.15) is 17.2 Å². The van der Waals surface area contributed by atoms with Crippen molar-refractivity contribution in [1.29, 1.82) is 0 Å². The van der Waals surface area contributed by atoms with Gasteiger partial charge >= 0.3 is 0 Å². The van der Waals surface area contributed by atoms with Crippen LogP contribution in [0.4, 0.5) is 0 Å². The second kappa shape index (κ2) is 6.53. The normalized spacial score (nSPS) is 25.8. The first-order chi connectivity index (χ1) is 11.3. The largest absolute Gasteiger partial charge is 0.381 e. The first-order valence-electron chi connectivity index (χ1n) is 8.77. The van der Waals surface area contributed by atoms with Crippen molar-refractivity contribution < 1.29 is 9.47 Å². The van der Waals surface area contributed by atoms with Gasteiger partial charge in [-0.2, -0.15) is 0 Å². The van der Waals surface area contributed by atoms with Gasteiger partial charge in [-0.05, 0) is 25.7 Å². The molecule has 2 atom stereocenters. The molecule has 2 aliphatic heterocycles. The van der Waals surface area contributed by atoms with Crippen LogP contribution in [0.5, 0.6) is 0 Å². The highest BCUT2D eigenvalue weighted by Gasteiger charge is 2.26. The number of hydrogen-bond donors (Lipinski definition) is 1. The van der Waals surface area contributed by atoms with Gasteiger partial charge in [0.05, 0.1) is 18.9 Å². The Bertz CT molecular complexity index is 673. The van der Waals surface area contributed by atoms with Gasteiger partial charge in [-0.1, -0.05) is 6.92 Å². The number of hydrogen-bond acceptors (Lipinski definition) is 5. The molecule has 0 aliphatic carbocycles. The third-order valence-electron chi connectivity index (χ3n) is 4.85. The van der Waals surface area contributed by atoms with Crippen molar-refractivity contribution in [3.05, 3.63) is 17.3 Å². The van der Waals surface area contributed by atoms with Crippen molar-refractivity contribution in [2.24, 2.45) is 0 Å². The third-order valence-corrected chi connectivity index (χ3v) is 4.85. The number of rotatable bonds is 3. The maximum atomic E-state index is 5.68. The smallest absolute Gasteiger partial charge is 0.181 e. The Hall–Kier alpha value is -1.53. The molecule has 2 unspecified atom stereocenters. The average molecular weight is 316 g/mol. The summed E-state index contributed by atoms with van der Waals surface area (Å²) in [5.41, 5.74) is 2.89. The van der Waals surface area contributed by atoms with Gasteiger partial charge in [-0.25, -0.2) is 15.0 Å². The first-order valence-corrected chi connectivity index (χ1v) is 8.77. The molecule has 1 N–H and O–H groups in total. The Balaban J connectivity index is 1.78. The van der Waals surface area contributed by atoms with E-state index in [-0.39, 0.29) is 5.92 Å². The minimum Gasteiger partial charge on any atom is -0.381 e. The highest BCUT2D eigenvalue weighted by molar-refractivity contribution is 5.74. The second-order valence-electron chi connectivity index (χ2n) is 6.53. The van der Waals surface area contributed by atoms with Crippen molar-refractivity contribution in [3.63, 3.8) is 0 Å². The van der Waals surface area contributed by atoms with Crippen molar-refractivity contribution in [2.75, 3.05) is 26.4 Å². The van der Waals surface area contributed by atoms with Crippen LogP contribution in [0, 0.1) is 0 Å². The lowest BCUT2D eigenvalue weighted by Gasteiger charge is -2.24. The van der Waals surface area contributed by atoms with E-state index in [1.165, 1.54) is 0 Å². The molecule has 2 aromatic heterocycles. The Morgan fingerprint density at radius 1 is 1.00 bits per heavy atom. The SMILES string of the molecule is CCc1nc2nc(C3CCCOC3)nc(C3CCCOC3)c2[nH]1. The summed E-state index contributed by atoms with van der Waals surface area (Å²) in [6.45, 7) is 5.27. The van der Waals surface area contributed by atoms with Crippen molar-refractivity contribution in [1.82, 2.24) is 19.9 Å². The molecule has 2 aliphatic rings. The molecule has 2 aromatic rings. The molecule has 0 spiro atoms. The van der Waals surface area contributed by atoms with Crippen molar-refractivity contribution in [3.8, 4) is 0 Å². The minimum absolute atomic E-state index is 0.290. The van der Waals surface area contributed by atoms with Crippen LogP contribution in [-0.4, -0.2) is 46.4 Å². The monoisotopic (exact) mass is 316 g/mol. The van der Waals surface area contributed by atoms with E-state index in [1.807, 2.05) is 0 Å². The zero-order chi connectivity index (χ0) is 15.6. The molecule has 2 fully saturated rings. The molecule has 6 nitrogen and oxygen atoms in total. The number of nitrogens with one attached hydrogen (secondary N) is 1. The van der Waals surface area contributed by atoms with Gasteiger partial charge < -0.3 is 14.5 Å². The van der Waals surface area contributed by atoms with Gasteiger partial charge in [-0.15, -0.1) is 0 Å². The molecule has 0 aromatic carbocycles. The van der Waals surface area contributed by atoms with Crippen molar-refractivity contribution >= 4 is 11.2 Å². The summed E-state index contributed by atoms with van der Waals surface area (Å²) in [4.78, 5) is 17.8. The van der Waals surface area contributed by atoms with E-state index in [1.54, 1.807) is 0 Å². The van der Waals surface area contributed by atoms with E-state index in [2.05, 4.69) is 16.9 Å². The van der Waals surface area contributed by atoms with Gasteiger partial charge in [0.15, 0.2) is 5.65 Å². The molecule has 23 heavy (non-hydrogen) atoms. The molecule has 124 valence electrons. The van der Waals surface area contributed by atoms with Crippen LogP contribution < -0.4 is 0 Å². The fraction of sp³-hybridized carbons (Fsp3) is 0.706. The summed E-state index contributed by atoms with van der Waals surface area (Å²) in [7, 11) is 0. The fourth-order valence-corrected chi connectivity index (χ4v) is 3.53. The number of aromatic amines is 1. The fourth-order valence-electron chi connectivity index (χ4n) is 3.53. The molecule has 4 heterocycles. The first kappa shape index (κ1) is 15.0. The molecule has 0 amide bonds. The molecular weight excluding hydrogens is 292 g/mol. The van der Waals surface area contributed by atoms with Crippen LogP contribution in [-0.2, 0) is 15.9 Å². The molecule has 4 rings (SSSR count). The zero-order valence-corrected chi connectivity index (χ0v) is 13.7. The van der Waals surface area contributed by atoms with Crippen LogP contribution in [0.25, 0.3) is 11.2 Å². The van der Waals surface area contributed by atoms with E-state index < -0.39 is 0 Å². The predicted molar refractivity (Wildman–Crippen MR) is 86.6 cm³/mol. The van der Waals surface area contributed by atoms with Gasteiger partial charge in [0, 0.05) is 31.5 Å². The lowest BCUT2D eigenvalue weighted by molar-refractivity contribution is 0.0758. The van der Waals surface area contributed by atoms with Crippen LogP contribution in [0.3, 0.4) is 0 Å². The minimum atomic E-state index is 0.290. The van der Waals surface area contributed by atoms with Crippen LogP contribution in [0.15, 0.2) is 0 Å². The van der Waals surface area contributed by atoms with Crippen molar-refractivity contribution in [2.45, 2.75) is 50.9 Å². The topological polar surface area (TPSA) is 72.9 Å². The number of ether oxygens (including phenoxy) is 2. The van der Waals surface area contributed by atoms with Gasteiger partial charge in [-0.3, -0.25) is 0 Å². The number of aromatic nitrogens is 4. The lowest BCUT2D eigenvalue weighted by Crippen LogP contribution is -2.21. The van der Waals surface area contributed by atoms with Gasteiger partial charge in [0.2, 0.25) is 0 Å². The zero-order valence-electron chi connectivity index (χ0n) is 13.7. The summed E-state index contributed by atoms with van der Waals surface area (Å²) in [5, 5.41) is 0. The van der Waals surface area contributed by atoms with E-state index in [0.29, 0.717) is 5.92 Å². The second-order valence-corrected chi connectivity index (χ2v) is 6.53. The van der Waals surface area contributed by atoms with Gasteiger partial charge in [0.25, 0.3) is 0 Å². The molecule has 6 heteroatoms. The van der Waals surface area contributed by atoms with Crippen LogP contribution in [0.1, 0.15) is 61.8 Å². The molecule has 2 saturated heterocycles. The maximum absolute atomic E-state index is 5.68. The Labute approximate surface area is 136 Å². The quantitative estimate of drug-likeness (QED) is 0.942. The number of imidazole rings is 1. The Morgan fingerprint density at radius 3 is 2.39 bits per heavy atom. The maximum Gasteiger partial charge on any atom is 0.181 e. The third kappa shape index (κ3) is 2.97. The molecule has 0 saturated carbocycles. The number of nitrogens with zero attached hydrogens (tertiary/aromatic N) is 3. The number of H-pyrrole nitrogens is 1. The highest BCUT2D eigenvalue weighted by Crippen LogP contribution is 2.31. The van der Waals surface area contributed by atoms with E-state index >= 15 is 0 Å². The average Bonchev–Trinajstić information content (AvgIpc) is 3.05. The standard InChI is InChI=1S/C17H24N4O2/c1-2-13-18-15-14(11-5-3-7-22-9-11)20-16(21-17(15)19-13)12-6-4-8-23-10-12/h11-12H,2-10H2,1H3,(H,18,19,20,21). The summed E-state index contributed by atoms with van der Waals surface area (Å²) >= 11 is 0. The van der Waals surface area contributed by atoms with Crippen LogP contribution in [0.2, 0.25) is 0 Å². The summed E-state index contributed by atoms with van der Waals surface area (Å²) < 4.78 is 11.3. The Kier molecular flexibility index (Phi) is 4.27. The van der Waals surface area contributed by atoms with E-state index in [0.717, 1.165) is 87.0 Å². The molecular formula is C17H24N4O2.